The van der Waals surface area contributed by atoms with E-state index < -0.39 is 29.4 Å². The van der Waals surface area contributed by atoms with E-state index in [1.54, 1.807) is 18.2 Å². The first-order chi connectivity index (χ1) is 27.1. The number of allylic oxidation sites excluding steroid dienone is 1. The Hall–Kier alpha value is -3.25. The van der Waals surface area contributed by atoms with Crippen molar-refractivity contribution in [1.29, 1.82) is 0 Å². The van der Waals surface area contributed by atoms with Crippen LogP contribution in [0.25, 0.3) is 0 Å². The number of fused-ring (bicyclic) bond motifs is 3. The number of aryl methyl sites for hydroxylation is 1. The second-order valence-electron chi connectivity index (χ2n) is 17.6. The summed E-state index contributed by atoms with van der Waals surface area (Å²) >= 11 is 6.48. The number of halogens is 1. The molecule has 12 heteroatoms. The van der Waals surface area contributed by atoms with E-state index in [2.05, 4.69) is 80.7 Å². The Kier molecular flexibility index (Phi) is 13.6. The molecule has 3 unspecified atom stereocenters. The summed E-state index contributed by atoms with van der Waals surface area (Å²) in [5.74, 6) is 0.406. The number of benzene rings is 2. The summed E-state index contributed by atoms with van der Waals surface area (Å²) in [6.07, 6.45) is 13.9. The smallest absolute Gasteiger partial charge is 0.335 e. The SMILES string of the molecule is CCC(CCC(/C=C/[C@@H]1CC[C@H]1CN1CC2(CCCc3cc(Cl)ccc32)COc2ccc(C(=O)O)cc21)O[Si](C(C)C)(C(C)C)C(C)C)S(=O)(=O)c1ncccn1. The van der Waals surface area contributed by atoms with Gasteiger partial charge in [0, 0.05) is 35.9 Å². The van der Waals surface area contributed by atoms with Crippen molar-refractivity contribution >= 4 is 41.4 Å². The number of carbonyl (C=O) groups is 1. The fourth-order valence-electron chi connectivity index (χ4n) is 10.2. The van der Waals surface area contributed by atoms with Crippen molar-refractivity contribution in [2.45, 2.75) is 138 Å². The quantitative estimate of drug-likeness (QED) is 0.0854. The van der Waals surface area contributed by atoms with E-state index in [9.17, 15) is 18.3 Å². The molecule has 1 saturated carbocycles. The molecule has 2 aromatic carbocycles. The number of hydrogen-bond donors (Lipinski definition) is 1. The van der Waals surface area contributed by atoms with Crippen LogP contribution in [0.5, 0.6) is 5.75 Å². The zero-order chi connectivity index (χ0) is 41.1. The van der Waals surface area contributed by atoms with E-state index >= 15 is 0 Å². The van der Waals surface area contributed by atoms with Crippen molar-refractivity contribution in [3.05, 3.63) is 88.7 Å². The molecule has 57 heavy (non-hydrogen) atoms. The predicted octanol–water partition coefficient (Wildman–Crippen LogP) is 10.5. The van der Waals surface area contributed by atoms with Gasteiger partial charge in [0.2, 0.25) is 23.3 Å². The minimum absolute atomic E-state index is 0.115. The number of carboxylic acids is 1. The largest absolute Gasteiger partial charge is 0.490 e. The van der Waals surface area contributed by atoms with Gasteiger partial charge < -0.3 is 19.2 Å². The molecule has 6 rings (SSSR count). The van der Waals surface area contributed by atoms with Gasteiger partial charge in [-0.05, 0) is 127 Å². The molecule has 5 atom stereocenters. The Bertz CT molecular complexity index is 1990. The van der Waals surface area contributed by atoms with Crippen LogP contribution in [-0.2, 0) is 26.1 Å². The van der Waals surface area contributed by atoms with Gasteiger partial charge in [-0.15, -0.1) is 0 Å². The zero-order valence-corrected chi connectivity index (χ0v) is 37.4. The third-order valence-corrected chi connectivity index (χ3v) is 21.8. The maximum absolute atomic E-state index is 13.7. The highest BCUT2D eigenvalue weighted by molar-refractivity contribution is 7.91. The van der Waals surface area contributed by atoms with Crippen molar-refractivity contribution in [2.24, 2.45) is 11.8 Å². The number of ether oxygens (including phenoxy) is 1. The average Bonchev–Trinajstić information content (AvgIpc) is 3.31. The normalized spacial score (nSPS) is 22.3. The molecule has 1 aromatic heterocycles. The lowest BCUT2D eigenvalue weighted by molar-refractivity contribution is 0.0696. The number of sulfone groups is 1. The molecule has 1 fully saturated rings. The highest BCUT2D eigenvalue weighted by atomic mass is 35.5. The fourth-order valence-corrected chi connectivity index (χ4v) is 17.6. The average molecular weight is 837 g/mol. The van der Waals surface area contributed by atoms with Gasteiger partial charge >= 0.3 is 5.97 Å². The van der Waals surface area contributed by atoms with Crippen LogP contribution in [0.15, 0.2) is 72.2 Å². The van der Waals surface area contributed by atoms with Crippen molar-refractivity contribution in [3.63, 3.8) is 0 Å². The molecule has 2 heterocycles. The first kappa shape index (κ1) is 43.3. The molecule has 1 aliphatic heterocycles. The molecule has 3 aromatic rings. The molecule has 0 bridgehead atoms. The van der Waals surface area contributed by atoms with Crippen molar-refractivity contribution in [1.82, 2.24) is 9.97 Å². The van der Waals surface area contributed by atoms with Gasteiger partial charge in [-0.2, -0.15) is 0 Å². The van der Waals surface area contributed by atoms with Crippen molar-refractivity contribution in [3.8, 4) is 5.75 Å². The van der Waals surface area contributed by atoms with E-state index in [1.165, 1.54) is 23.5 Å². The third kappa shape index (κ3) is 9.02. The minimum Gasteiger partial charge on any atom is -0.490 e. The number of carboxylic acid groups (broad SMARTS) is 1. The molecule has 9 nitrogen and oxygen atoms in total. The van der Waals surface area contributed by atoms with Gasteiger partial charge in [-0.25, -0.2) is 23.2 Å². The number of aromatic carboxylic acids is 1. The van der Waals surface area contributed by atoms with Crippen LogP contribution in [0.4, 0.5) is 5.69 Å². The Morgan fingerprint density at radius 3 is 2.40 bits per heavy atom. The maximum Gasteiger partial charge on any atom is 0.335 e. The van der Waals surface area contributed by atoms with Crippen LogP contribution in [0.2, 0.25) is 21.6 Å². The molecule has 3 aliphatic rings. The molecule has 1 N–H and O–H groups in total. The lowest BCUT2D eigenvalue weighted by atomic mass is 9.69. The summed E-state index contributed by atoms with van der Waals surface area (Å²) in [6, 6.07) is 13.1. The molecule has 0 radical (unpaired) electrons. The molecule has 1 spiro atoms. The zero-order valence-electron chi connectivity index (χ0n) is 34.8. The Labute approximate surface area is 346 Å². The van der Waals surface area contributed by atoms with Crippen LogP contribution >= 0.6 is 11.6 Å². The second kappa shape index (κ2) is 17.9. The Balaban J connectivity index is 1.28. The summed E-state index contributed by atoms with van der Waals surface area (Å²) in [5, 5.41) is 10.0. The Morgan fingerprint density at radius 2 is 1.77 bits per heavy atom. The summed E-state index contributed by atoms with van der Waals surface area (Å²) < 4.78 is 41.3. The third-order valence-electron chi connectivity index (χ3n) is 13.3. The summed E-state index contributed by atoms with van der Waals surface area (Å²) in [4.78, 5) is 22.8. The number of anilines is 1. The summed E-state index contributed by atoms with van der Waals surface area (Å²) in [7, 11) is -6.03. The van der Waals surface area contributed by atoms with Gasteiger partial charge in [0.25, 0.3) is 0 Å². The van der Waals surface area contributed by atoms with E-state index in [1.807, 2.05) is 19.1 Å². The number of hydrogen-bond acceptors (Lipinski definition) is 8. The number of nitrogens with zero attached hydrogens (tertiary/aromatic N) is 3. The lowest BCUT2D eigenvalue weighted by Gasteiger charge is -2.45. The summed E-state index contributed by atoms with van der Waals surface area (Å²) in [6.45, 7) is 17.6. The van der Waals surface area contributed by atoms with Crippen LogP contribution in [0, 0.1) is 11.8 Å². The van der Waals surface area contributed by atoms with Crippen molar-refractivity contribution in [2.75, 3.05) is 24.6 Å². The number of aromatic nitrogens is 2. The standard InChI is InChI=1S/C45H62ClN3O6SSi/c1-8-39(56(52,53)44-47-23-10-24-48-44)19-18-38(55-57(30(2)3,31(4)5)32(6)7)17-14-33-12-13-36(33)27-49-28-45(22-9-11-34-25-37(46)16-20-40(34)45)29-54-42-21-15-35(43(50)51)26-41(42)49/h10,14-17,20-21,23-26,30-33,36,38-39H,8-9,11-13,18-19,22,27-29H2,1-7H3,(H,50,51)/b17-14+/t33-,36-,38?,39?,45?/m0/s1. The van der Waals surface area contributed by atoms with E-state index in [0.29, 0.717) is 54.3 Å². The van der Waals surface area contributed by atoms with Crippen molar-refractivity contribution < 1.29 is 27.5 Å². The predicted molar refractivity (Wildman–Crippen MR) is 231 cm³/mol. The van der Waals surface area contributed by atoms with Crippen LogP contribution < -0.4 is 9.64 Å². The van der Waals surface area contributed by atoms with Gasteiger partial charge in [0.1, 0.15) is 5.75 Å². The molecule has 310 valence electrons. The Morgan fingerprint density at radius 1 is 1.05 bits per heavy atom. The monoisotopic (exact) mass is 835 g/mol. The van der Waals surface area contributed by atoms with Gasteiger partial charge in [-0.1, -0.05) is 78.3 Å². The van der Waals surface area contributed by atoms with Gasteiger partial charge in [0.05, 0.1) is 29.2 Å². The first-order valence-corrected chi connectivity index (χ1v) is 25.1. The fraction of sp³-hybridized carbons (Fsp3) is 0.578. The van der Waals surface area contributed by atoms with Gasteiger partial charge in [-0.3, -0.25) is 0 Å². The van der Waals surface area contributed by atoms with Crippen LogP contribution in [-0.4, -0.2) is 68.8 Å². The lowest BCUT2D eigenvalue weighted by Crippen LogP contribution is -2.50. The molecular weight excluding hydrogens is 774 g/mol. The first-order valence-electron chi connectivity index (χ1n) is 21.0. The molecule has 0 amide bonds. The summed E-state index contributed by atoms with van der Waals surface area (Å²) in [5.41, 5.74) is 4.50. The van der Waals surface area contributed by atoms with E-state index in [-0.39, 0.29) is 22.2 Å². The second-order valence-corrected chi connectivity index (χ2v) is 25.6. The molecule has 0 saturated heterocycles. The number of rotatable bonds is 16. The maximum atomic E-state index is 13.7. The highest BCUT2D eigenvalue weighted by Gasteiger charge is 2.47. The molecular formula is C45H62ClN3O6SSi. The van der Waals surface area contributed by atoms with Crippen LogP contribution in [0.3, 0.4) is 0 Å². The van der Waals surface area contributed by atoms with E-state index in [4.69, 9.17) is 20.8 Å². The topological polar surface area (TPSA) is 119 Å². The molecule has 2 aliphatic carbocycles. The van der Waals surface area contributed by atoms with Crippen LogP contribution in [0.1, 0.15) is 115 Å². The minimum atomic E-state index is -3.71. The highest BCUT2D eigenvalue weighted by Crippen LogP contribution is 2.47. The van der Waals surface area contributed by atoms with Gasteiger partial charge in [0.15, 0.2) is 0 Å². The van der Waals surface area contributed by atoms with E-state index in [0.717, 1.165) is 61.7 Å².